The molecule has 1 aliphatic rings. The Morgan fingerprint density at radius 2 is 2.16 bits per heavy atom. The molecule has 2 heterocycles. The predicted octanol–water partition coefficient (Wildman–Crippen LogP) is 3.43. The third kappa shape index (κ3) is 2.28. The van der Waals surface area contributed by atoms with E-state index in [1.165, 1.54) is 17.4 Å². The summed E-state index contributed by atoms with van der Waals surface area (Å²) in [5, 5.41) is 4.49. The molecule has 3 rings (SSSR count). The summed E-state index contributed by atoms with van der Waals surface area (Å²) < 4.78 is 12.0. The number of rotatable bonds is 3. The summed E-state index contributed by atoms with van der Waals surface area (Å²) in [4.78, 5) is 0. The summed E-state index contributed by atoms with van der Waals surface area (Å²) in [6.07, 6.45) is 2.52. The van der Waals surface area contributed by atoms with E-state index in [9.17, 15) is 0 Å². The highest BCUT2D eigenvalue weighted by molar-refractivity contribution is 5.82. The number of nitrogens with one attached hydrogen (secondary N) is 1. The van der Waals surface area contributed by atoms with E-state index in [0.717, 1.165) is 30.9 Å². The van der Waals surface area contributed by atoms with Crippen molar-refractivity contribution >= 4 is 11.0 Å². The molecule has 1 saturated heterocycles. The molecule has 102 valence electrons. The summed E-state index contributed by atoms with van der Waals surface area (Å²) in [7, 11) is 2.01. The molecular weight excluding hydrogens is 238 g/mol. The first-order valence-corrected chi connectivity index (χ1v) is 7.05. The number of benzene rings is 1. The van der Waals surface area contributed by atoms with Crippen LogP contribution in [-0.4, -0.2) is 20.2 Å². The van der Waals surface area contributed by atoms with E-state index in [0.29, 0.717) is 5.92 Å². The number of ether oxygens (including phenoxy) is 1. The van der Waals surface area contributed by atoms with Crippen molar-refractivity contribution in [1.29, 1.82) is 0 Å². The highest BCUT2D eigenvalue weighted by Gasteiger charge is 2.31. The molecule has 1 aliphatic heterocycles. The predicted molar refractivity (Wildman–Crippen MR) is 76.3 cm³/mol. The van der Waals surface area contributed by atoms with Gasteiger partial charge in [-0.1, -0.05) is 18.2 Å². The van der Waals surface area contributed by atoms with E-state index in [1.54, 1.807) is 0 Å². The number of fused-ring (bicyclic) bond motifs is 1. The molecule has 0 spiro atoms. The van der Waals surface area contributed by atoms with Crippen molar-refractivity contribution in [2.45, 2.75) is 25.9 Å². The highest BCUT2D eigenvalue weighted by Crippen LogP contribution is 2.39. The van der Waals surface area contributed by atoms with Crippen LogP contribution < -0.4 is 5.32 Å². The van der Waals surface area contributed by atoms with Crippen molar-refractivity contribution in [3.63, 3.8) is 0 Å². The zero-order chi connectivity index (χ0) is 13.2. The van der Waals surface area contributed by atoms with Crippen LogP contribution in [-0.2, 0) is 4.74 Å². The van der Waals surface area contributed by atoms with Gasteiger partial charge in [0.25, 0.3) is 0 Å². The number of hydrogen-bond donors (Lipinski definition) is 1. The van der Waals surface area contributed by atoms with Crippen LogP contribution in [0.2, 0.25) is 0 Å². The highest BCUT2D eigenvalue weighted by atomic mass is 16.5. The Kier molecular flexibility index (Phi) is 3.58. The second-order valence-electron chi connectivity index (χ2n) is 5.32. The summed E-state index contributed by atoms with van der Waals surface area (Å²) in [5.74, 6) is 1.52. The lowest BCUT2D eigenvalue weighted by atomic mass is 9.88. The van der Waals surface area contributed by atoms with Crippen LogP contribution in [0.3, 0.4) is 0 Å². The molecule has 2 atom stereocenters. The molecule has 3 nitrogen and oxygen atoms in total. The van der Waals surface area contributed by atoms with Crippen molar-refractivity contribution in [2.75, 3.05) is 20.2 Å². The van der Waals surface area contributed by atoms with Crippen LogP contribution in [0.5, 0.6) is 0 Å². The van der Waals surface area contributed by atoms with Gasteiger partial charge in [-0.2, -0.15) is 0 Å². The first-order valence-electron chi connectivity index (χ1n) is 7.05. The molecule has 0 amide bonds. The molecule has 1 N–H and O–H groups in total. The molecule has 1 aromatic carbocycles. The average molecular weight is 259 g/mol. The van der Waals surface area contributed by atoms with Gasteiger partial charge in [0.2, 0.25) is 0 Å². The van der Waals surface area contributed by atoms with E-state index >= 15 is 0 Å². The molecule has 1 aromatic heterocycles. The van der Waals surface area contributed by atoms with Crippen LogP contribution in [0.25, 0.3) is 11.0 Å². The van der Waals surface area contributed by atoms with Crippen LogP contribution in [0.1, 0.15) is 30.3 Å². The van der Waals surface area contributed by atoms with Crippen LogP contribution in [0, 0.1) is 12.8 Å². The Morgan fingerprint density at radius 3 is 3.00 bits per heavy atom. The van der Waals surface area contributed by atoms with E-state index in [4.69, 9.17) is 9.15 Å². The normalized spacial score (nSPS) is 23.9. The Morgan fingerprint density at radius 1 is 1.32 bits per heavy atom. The minimum absolute atomic E-state index is 0.157. The van der Waals surface area contributed by atoms with Gasteiger partial charge in [-0.25, -0.2) is 0 Å². The Bertz CT molecular complexity index is 559. The monoisotopic (exact) mass is 259 g/mol. The van der Waals surface area contributed by atoms with Gasteiger partial charge in [0.15, 0.2) is 0 Å². The van der Waals surface area contributed by atoms with Crippen LogP contribution in [0.4, 0.5) is 0 Å². The first kappa shape index (κ1) is 12.7. The number of furan rings is 1. The standard InChI is InChI=1S/C16H21NO2/c1-11-15(13-7-3-4-8-14(13)19-11)16-12(10-17-2)6-5-9-18-16/h3-4,7-8,12,16-17H,5-6,9-10H2,1-2H3. The lowest BCUT2D eigenvalue weighted by Crippen LogP contribution is -2.30. The second kappa shape index (κ2) is 5.35. The van der Waals surface area contributed by atoms with E-state index < -0.39 is 0 Å². The zero-order valence-corrected chi connectivity index (χ0v) is 11.6. The van der Waals surface area contributed by atoms with Crippen molar-refractivity contribution in [3.05, 3.63) is 35.6 Å². The minimum atomic E-state index is 0.157. The lowest BCUT2D eigenvalue weighted by molar-refractivity contribution is -0.0272. The van der Waals surface area contributed by atoms with Gasteiger partial charge in [0.1, 0.15) is 11.3 Å². The second-order valence-corrected chi connectivity index (χ2v) is 5.32. The summed E-state index contributed by atoms with van der Waals surface area (Å²) in [5.41, 5.74) is 2.21. The van der Waals surface area contributed by atoms with Crippen molar-refractivity contribution < 1.29 is 9.15 Å². The summed E-state index contributed by atoms with van der Waals surface area (Å²) in [6.45, 7) is 3.89. The Labute approximate surface area is 113 Å². The molecule has 0 bridgehead atoms. The number of hydrogen-bond acceptors (Lipinski definition) is 3. The summed E-state index contributed by atoms with van der Waals surface area (Å²) >= 11 is 0. The maximum Gasteiger partial charge on any atom is 0.134 e. The maximum atomic E-state index is 6.08. The third-order valence-corrected chi connectivity index (χ3v) is 4.02. The molecule has 0 aliphatic carbocycles. The van der Waals surface area contributed by atoms with Crippen molar-refractivity contribution in [1.82, 2.24) is 5.32 Å². The first-order chi connectivity index (χ1) is 9.31. The molecule has 2 unspecified atom stereocenters. The molecule has 3 heteroatoms. The van der Waals surface area contributed by atoms with Crippen molar-refractivity contribution in [2.24, 2.45) is 5.92 Å². The Hall–Kier alpha value is -1.32. The fourth-order valence-electron chi connectivity index (χ4n) is 3.17. The number of para-hydroxylation sites is 1. The van der Waals surface area contributed by atoms with E-state index in [-0.39, 0.29) is 6.10 Å². The average Bonchev–Trinajstić information content (AvgIpc) is 2.76. The van der Waals surface area contributed by atoms with Crippen molar-refractivity contribution in [3.8, 4) is 0 Å². The topological polar surface area (TPSA) is 34.4 Å². The van der Waals surface area contributed by atoms with Gasteiger partial charge in [-0.05, 0) is 32.9 Å². The zero-order valence-electron chi connectivity index (χ0n) is 11.6. The maximum absolute atomic E-state index is 6.08. The van der Waals surface area contributed by atoms with Crippen LogP contribution >= 0.6 is 0 Å². The van der Waals surface area contributed by atoms with Crippen LogP contribution in [0.15, 0.2) is 28.7 Å². The van der Waals surface area contributed by atoms with Gasteiger partial charge in [-0.15, -0.1) is 0 Å². The number of aryl methyl sites for hydroxylation is 1. The lowest BCUT2D eigenvalue weighted by Gasteiger charge is -2.31. The molecule has 1 fully saturated rings. The SMILES string of the molecule is CNCC1CCCOC1c1c(C)oc2ccccc12. The van der Waals surface area contributed by atoms with E-state index in [1.807, 2.05) is 26.1 Å². The fourth-order valence-corrected chi connectivity index (χ4v) is 3.17. The van der Waals surface area contributed by atoms with Gasteiger partial charge < -0.3 is 14.5 Å². The molecule has 2 aromatic rings. The molecule has 0 radical (unpaired) electrons. The Balaban J connectivity index is 2.03. The largest absolute Gasteiger partial charge is 0.461 e. The molecule has 0 saturated carbocycles. The van der Waals surface area contributed by atoms with Gasteiger partial charge in [0, 0.05) is 30.0 Å². The molecule has 19 heavy (non-hydrogen) atoms. The van der Waals surface area contributed by atoms with Gasteiger partial charge in [0.05, 0.1) is 6.10 Å². The van der Waals surface area contributed by atoms with E-state index in [2.05, 4.69) is 17.4 Å². The molecular formula is C16H21NO2. The van der Waals surface area contributed by atoms with Gasteiger partial charge >= 0.3 is 0 Å². The van der Waals surface area contributed by atoms with Gasteiger partial charge in [-0.3, -0.25) is 0 Å². The summed E-state index contributed by atoms with van der Waals surface area (Å²) in [6, 6.07) is 8.25. The minimum Gasteiger partial charge on any atom is -0.461 e. The smallest absolute Gasteiger partial charge is 0.134 e. The third-order valence-electron chi connectivity index (χ3n) is 4.02. The fraction of sp³-hybridized carbons (Fsp3) is 0.500. The quantitative estimate of drug-likeness (QED) is 0.917.